The van der Waals surface area contributed by atoms with E-state index < -0.39 is 27.7 Å². The van der Waals surface area contributed by atoms with Gasteiger partial charge in [-0.25, -0.2) is 8.42 Å². The van der Waals surface area contributed by atoms with Gasteiger partial charge in [0.15, 0.2) is 0 Å². The molecule has 28 heavy (non-hydrogen) atoms. The van der Waals surface area contributed by atoms with Crippen molar-refractivity contribution >= 4 is 15.9 Å². The molecule has 2 heterocycles. The molecule has 0 atom stereocenters. The van der Waals surface area contributed by atoms with Gasteiger partial charge in [-0.2, -0.15) is 22.6 Å². The summed E-state index contributed by atoms with van der Waals surface area (Å²) < 4.78 is 64.9. The summed E-state index contributed by atoms with van der Waals surface area (Å²) in [6.45, 7) is 3.71. The molecule has 11 heteroatoms. The number of hydrogen-bond donors (Lipinski definition) is 1. The quantitative estimate of drug-likeness (QED) is 0.831. The van der Waals surface area contributed by atoms with Crippen molar-refractivity contribution in [1.82, 2.24) is 19.4 Å². The van der Waals surface area contributed by atoms with E-state index in [9.17, 15) is 26.4 Å². The molecule has 1 amide bonds. The molecule has 0 aliphatic carbocycles. The maximum Gasteiger partial charge on any atom is 0.416 e. The lowest BCUT2D eigenvalue weighted by atomic mass is 10.1. The summed E-state index contributed by atoms with van der Waals surface area (Å²) in [6, 6.07) is 3.98. The van der Waals surface area contributed by atoms with Gasteiger partial charge in [0.1, 0.15) is 4.90 Å². The zero-order valence-electron chi connectivity index (χ0n) is 15.2. The number of amides is 1. The predicted octanol–water partition coefficient (Wildman–Crippen LogP) is 2.19. The molecule has 1 aliphatic rings. The summed E-state index contributed by atoms with van der Waals surface area (Å²) in [7, 11) is -3.74. The topological polar surface area (TPSA) is 86.4 Å². The van der Waals surface area contributed by atoms with Crippen LogP contribution in [0.4, 0.5) is 13.2 Å². The van der Waals surface area contributed by atoms with Crippen LogP contribution in [0.5, 0.6) is 0 Å². The molecule has 1 aromatic carbocycles. The first-order chi connectivity index (χ1) is 13.0. The maximum atomic E-state index is 12.8. The van der Waals surface area contributed by atoms with E-state index in [1.165, 1.54) is 9.21 Å². The minimum Gasteiger partial charge on any atom is -0.336 e. The highest BCUT2D eigenvalue weighted by Gasteiger charge is 2.34. The van der Waals surface area contributed by atoms with Gasteiger partial charge in [-0.15, -0.1) is 0 Å². The number of alkyl halides is 3. The Balaban J connectivity index is 1.69. The van der Waals surface area contributed by atoms with E-state index in [1.807, 2.05) is 0 Å². The van der Waals surface area contributed by atoms with E-state index in [0.717, 1.165) is 24.3 Å². The number of benzene rings is 1. The lowest BCUT2D eigenvalue weighted by Crippen LogP contribution is -2.50. The zero-order chi connectivity index (χ0) is 20.7. The lowest BCUT2D eigenvalue weighted by Gasteiger charge is -2.34. The molecule has 1 aliphatic heterocycles. The Kier molecular flexibility index (Phi) is 5.24. The van der Waals surface area contributed by atoms with Crippen molar-refractivity contribution < 1.29 is 26.4 Å². The fraction of sp³-hybridized carbons (Fsp3) is 0.412. The maximum absolute atomic E-state index is 12.8. The molecule has 0 unspecified atom stereocenters. The zero-order valence-corrected chi connectivity index (χ0v) is 16.1. The molecule has 1 N–H and O–H groups in total. The van der Waals surface area contributed by atoms with Crippen LogP contribution < -0.4 is 0 Å². The second kappa shape index (κ2) is 7.21. The summed E-state index contributed by atoms with van der Waals surface area (Å²) in [4.78, 5) is 14.1. The average molecular weight is 416 g/mol. The monoisotopic (exact) mass is 416 g/mol. The number of sulfonamides is 1. The first-order valence-corrected chi connectivity index (χ1v) is 9.94. The van der Waals surface area contributed by atoms with Gasteiger partial charge in [0.2, 0.25) is 10.0 Å². The number of piperazine rings is 1. The van der Waals surface area contributed by atoms with E-state index in [-0.39, 0.29) is 36.6 Å². The summed E-state index contributed by atoms with van der Waals surface area (Å²) in [5.41, 5.74) is 0.123. The van der Waals surface area contributed by atoms with Crippen molar-refractivity contribution in [2.75, 3.05) is 26.2 Å². The van der Waals surface area contributed by atoms with Gasteiger partial charge < -0.3 is 4.90 Å². The van der Waals surface area contributed by atoms with Crippen LogP contribution in [0.2, 0.25) is 0 Å². The minimum absolute atomic E-state index is 0.0960. The molecular formula is C17H19F3N4O3S. The number of nitrogens with one attached hydrogen (secondary N) is 1. The molecule has 2 aromatic rings. The Morgan fingerprint density at radius 1 is 1.07 bits per heavy atom. The third-order valence-electron chi connectivity index (χ3n) is 4.64. The fourth-order valence-corrected chi connectivity index (χ4v) is 4.92. The summed E-state index contributed by atoms with van der Waals surface area (Å²) >= 11 is 0. The van der Waals surface area contributed by atoms with Gasteiger partial charge in [-0.1, -0.05) is 0 Å². The highest BCUT2D eigenvalue weighted by Crippen LogP contribution is 2.29. The second-order valence-electron chi connectivity index (χ2n) is 6.53. The Morgan fingerprint density at radius 2 is 1.64 bits per heavy atom. The molecule has 0 radical (unpaired) electrons. The molecule has 1 fully saturated rings. The minimum atomic E-state index is -4.47. The standard InChI is InChI=1S/C17H19F3N4O3S/c1-11-15(12(2)22-21-11)28(26,27)24-9-7-23(8-10-24)16(25)13-3-5-14(6-4-13)17(18,19)20/h3-6H,7-10H2,1-2H3,(H,21,22). The van der Waals surface area contributed by atoms with Crippen LogP contribution >= 0.6 is 0 Å². The van der Waals surface area contributed by atoms with E-state index in [2.05, 4.69) is 10.2 Å². The third kappa shape index (κ3) is 3.76. The van der Waals surface area contributed by atoms with Crippen molar-refractivity contribution in [2.45, 2.75) is 24.9 Å². The van der Waals surface area contributed by atoms with Crippen molar-refractivity contribution in [3.63, 3.8) is 0 Å². The molecule has 0 bridgehead atoms. The molecule has 7 nitrogen and oxygen atoms in total. The van der Waals surface area contributed by atoms with Gasteiger partial charge in [-0.05, 0) is 38.1 Å². The SMILES string of the molecule is Cc1n[nH]c(C)c1S(=O)(=O)N1CCN(C(=O)c2ccc(C(F)(F)F)cc2)CC1. The number of rotatable bonds is 3. The largest absolute Gasteiger partial charge is 0.416 e. The molecule has 3 rings (SSSR count). The molecule has 152 valence electrons. The van der Waals surface area contributed by atoms with E-state index in [1.54, 1.807) is 13.8 Å². The number of aromatic amines is 1. The number of aromatic nitrogens is 2. The van der Waals surface area contributed by atoms with Crippen LogP contribution in [-0.4, -0.2) is 59.9 Å². The van der Waals surface area contributed by atoms with E-state index >= 15 is 0 Å². The van der Waals surface area contributed by atoms with Crippen molar-refractivity contribution in [1.29, 1.82) is 0 Å². The number of carbonyl (C=O) groups is 1. The Morgan fingerprint density at radius 3 is 2.11 bits per heavy atom. The number of aryl methyl sites for hydroxylation is 2. The third-order valence-corrected chi connectivity index (χ3v) is 6.81. The highest BCUT2D eigenvalue weighted by molar-refractivity contribution is 7.89. The second-order valence-corrected chi connectivity index (χ2v) is 8.41. The predicted molar refractivity (Wildman–Crippen MR) is 94.2 cm³/mol. The van der Waals surface area contributed by atoms with E-state index in [0.29, 0.717) is 11.4 Å². The number of hydrogen-bond acceptors (Lipinski definition) is 4. The lowest BCUT2D eigenvalue weighted by molar-refractivity contribution is -0.137. The number of halogens is 3. The number of H-pyrrole nitrogens is 1. The molecule has 0 spiro atoms. The smallest absolute Gasteiger partial charge is 0.336 e. The van der Waals surface area contributed by atoms with Crippen molar-refractivity contribution in [3.8, 4) is 0 Å². The molecule has 1 aromatic heterocycles. The average Bonchev–Trinajstić information content (AvgIpc) is 2.99. The van der Waals surface area contributed by atoms with Crippen LogP contribution in [0.1, 0.15) is 27.3 Å². The summed E-state index contributed by atoms with van der Waals surface area (Å²) in [6.07, 6.45) is -4.47. The highest BCUT2D eigenvalue weighted by atomic mass is 32.2. The van der Waals surface area contributed by atoms with Gasteiger partial charge in [-0.3, -0.25) is 9.89 Å². The van der Waals surface area contributed by atoms with Gasteiger partial charge >= 0.3 is 6.18 Å². The Labute approximate surface area is 160 Å². The fourth-order valence-electron chi connectivity index (χ4n) is 3.17. The molecule has 0 saturated carbocycles. The first-order valence-electron chi connectivity index (χ1n) is 8.50. The van der Waals surface area contributed by atoms with Crippen molar-refractivity contribution in [2.24, 2.45) is 0 Å². The Hall–Kier alpha value is -2.40. The van der Waals surface area contributed by atoms with Crippen LogP contribution in [0, 0.1) is 13.8 Å². The van der Waals surface area contributed by atoms with Gasteiger partial charge in [0, 0.05) is 31.7 Å². The summed E-state index contributed by atoms with van der Waals surface area (Å²) in [5, 5.41) is 6.55. The molecular weight excluding hydrogens is 397 g/mol. The van der Waals surface area contributed by atoms with Crippen LogP contribution in [0.3, 0.4) is 0 Å². The number of carbonyl (C=O) groups excluding carboxylic acids is 1. The normalized spacial score (nSPS) is 16.4. The first kappa shape index (κ1) is 20.3. The van der Waals surface area contributed by atoms with Gasteiger partial charge in [0.05, 0.1) is 17.0 Å². The van der Waals surface area contributed by atoms with Gasteiger partial charge in [0.25, 0.3) is 5.91 Å². The molecule has 1 saturated heterocycles. The van der Waals surface area contributed by atoms with Crippen LogP contribution in [-0.2, 0) is 16.2 Å². The van der Waals surface area contributed by atoms with Crippen molar-refractivity contribution in [3.05, 3.63) is 46.8 Å². The Bertz CT molecular complexity index is 957. The number of nitrogens with zero attached hydrogens (tertiary/aromatic N) is 3. The van der Waals surface area contributed by atoms with E-state index in [4.69, 9.17) is 0 Å². The van der Waals surface area contributed by atoms with Crippen LogP contribution in [0.15, 0.2) is 29.2 Å². The summed E-state index contributed by atoms with van der Waals surface area (Å²) in [5.74, 6) is -0.429. The van der Waals surface area contributed by atoms with Crippen LogP contribution in [0.25, 0.3) is 0 Å².